The SMILES string of the molecule is CC(=O)Nc1sc(SCC(N)=O)nc1-c1ccccc1. The lowest BCUT2D eigenvalue weighted by Gasteiger charge is -2.01. The molecule has 0 atom stereocenters. The van der Waals surface area contributed by atoms with Crippen molar-refractivity contribution in [3.63, 3.8) is 0 Å². The summed E-state index contributed by atoms with van der Waals surface area (Å²) in [7, 11) is 0. The number of nitrogens with two attached hydrogens (primary N) is 1. The summed E-state index contributed by atoms with van der Waals surface area (Å²) in [6.07, 6.45) is 0. The van der Waals surface area contributed by atoms with Crippen molar-refractivity contribution in [2.75, 3.05) is 11.1 Å². The van der Waals surface area contributed by atoms with Crippen LogP contribution < -0.4 is 11.1 Å². The number of amides is 2. The molecule has 0 aliphatic heterocycles. The quantitative estimate of drug-likeness (QED) is 0.830. The fourth-order valence-electron chi connectivity index (χ4n) is 1.53. The summed E-state index contributed by atoms with van der Waals surface area (Å²) < 4.78 is 0.700. The molecule has 0 spiro atoms. The van der Waals surface area contributed by atoms with Gasteiger partial charge in [0.15, 0.2) is 4.34 Å². The van der Waals surface area contributed by atoms with Gasteiger partial charge in [0.1, 0.15) is 10.7 Å². The van der Waals surface area contributed by atoms with Crippen LogP contribution in [0.3, 0.4) is 0 Å². The Morgan fingerprint density at radius 3 is 2.65 bits per heavy atom. The van der Waals surface area contributed by atoms with Gasteiger partial charge in [0.05, 0.1) is 5.75 Å². The first-order valence-electron chi connectivity index (χ1n) is 5.81. The fourth-order valence-corrected chi connectivity index (χ4v) is 3.38. The smallest absolute Gasteiger partial charge is 0.227 e. The molecular weight excluding hydrogens is 294 g/mol. The largest absolute Gasteiger partial charge is 0.369 e. The molecule has 0 unspecified atom stereocenters. The molecular formula is C13H13N3O2S2. The number of thioether (sulfide) groups is 1. The van der Waals surface area contributed by atoms with Crippen molar-refractivity contribution in [3.8, 4) is 11.3 Å². The number of anilines is 1. The van der Waals surface area contributed by atoms with Gasteiger partial charge in [-0.1, -0.05) is 53.4 Å². The number of primary amides is 1. The van der Waals surface area contributed by atoms with E-state index in [9.17, 15) is 9.59 Å². The minimum atomic E-state index is -0.396. The highest BCUT2D eigenvalue weighted by Gasteiger charge is 2.14. The van der Waals surface area contributed by atoms with Crippen LogP contribution in [0, 0.1) is 0 Å². The number of thiazole rings is 1. The average molecular weight is 307 g/mol. The van der Waals surface area contributed by atoms with Crippen molar-refractivity contribution in [1.82, 2.24) is 4.98 Å². The van der Waals surface area contributed by atoms with Crippen LogP contribution in [0.4, 0.5) is 5.00 Å². The molecule has 0 aliphatic carbocycles. The molecule has 2 amide bonds. The summed E-state index contributed by atoms with van der Waals surface area (Å²) in [5.41, 5.74) is 6.75. The Balaban J connectivity index is 2.32. The predicted octanol–water partition coefficient (Wildman–Crippen LogP) is 2.35. The molecule has 2 aromatic rings. The first kappa shape index (κ1) is 14.5. The van der Waals surface area contributed by atoms with E-state index in [1.54, 1.807) is 0 Å². The fraction of sp³-hybridized carbons (Fsp3) is 0.154. The third-order valence-corrected chi connectivity index (χ3v) is 4.42. The molecule has 5 nitrogen and oxygen atoms in total. The van der Waals surface area contributed by atoms with E-state index in [1.165, 1.54) is 30.0 Å². The number of carbonyl (C=O) groups excluding carboxylic acids is 2. The summed E-state index contributed by atoms with van der Waals surface area (Å²) in [6.45, 7) is 1.45. The second-order valence-electron chi connectivity index (χ2n) is 3.96. The number of rotatable bonds is 5. The standard InChI is InChI=1S/C13H13N3O2S2/c1-8(17)15-12-11(9-5-3-2-4-6-9)16-13(20-12)19-7-10(14)18/h2-6H,7H2,1H3,(H2,14,18)(H,15,17). The monoisotopic (exact) mass is 307 g/mol. The number of nitrogens with zero attached hydrogens (tertiary/aromatic N) is 1. The lowest BCUT2D eigenvalue weighted by atomic mass is 10.2. The Kier molecular flexibility index (Phi) is 4.75. The predicted molar refractivity (Wildman–Crippen MR) is 81.8 cm³/mol. The maximum atomic E-state index is 11.3. The Morgan fingerprint density at radius 2 is 2.05 bits per heavy atom. The number of hydrogen-bond donors (Lipinski definition) is 2. The van der Waals surface area contributed by atoms with Gasteiger partial charge in [0.25, 0.3) is 0 Å². The molecule has 1 heterocycles. The zero-order chi connectivity index (χ0) is 14.5. The molecule has 0 radical (unpaired) electrons. The van der Waals surface area contributed by atoms with Crippen molar-refractivity contribution in [2.24, 2.45) is 5.73 Å². The highest BCUT2D eigenvalue weighted by Crippen LogP contribution is 2.37. The highest BCUT2D eigenvalue weighted by atomic mass is 32.2. The molecule has 7 heteroatoms. The molecule has 0 saturated carbocycles. The van der Waals surface area contributed by atoms with Gasteiger partial charge in [-0.15, -0.1) is 0 Å². The van der Waals surface area contributed by atoms with E-state index in [-0.39, 0.29) is 11.7 Å². The van der Waals surface area contributed by atoms with Crippen LogP contribution in [-0.4, -0.2) is 22.6 Å². The summed E-state index contributed by atoms with van der Waals surface area (Å²) in [4.78, 5) is 26.5. The van der Waals surface area contributed by atoms with Crippen molar-refractivity contribution in [2.45, 2.75) is 11.3 Å². The maximum absolute atomic E-state index is 11.3. The van der Waals surface area contributed by atoms with Crippen LogP contribution in [0.2, 0.25) is 0 Å². The third kappa shape index (κ3) is 3.82. The Bertz CT molecular complexity index is 626. The van der Waals surface area contributed by atoms with Gasteiger partial charge >= 0.3 is 0 Å². The first-order valence-corrected chi connectivity index (χ1v) is 7.61. The number of hydrogen-bond acceptors (Lipinski definition) is 5. The van der Waals surface area contributed by atoms with Crippen LogP contribution in [-0.2, 0) is 9.59 Å². The Labute approximate surface area is 124 Å². The van der Waals surface area contributed by atoms with Crippen LogP contribution in [0.15, 0.2) is 34.7 Å². The van der Waals surface area contributed by atoms with Gasteiger partial charge in [0.2, 0.25) is 11.8 Å². The van der Waals surface area contributed by atoms with Gasteiger partial charge in [0, 0.05) is 12.5 Å². The molecule has 1 aromatic heterocycles. The Morgan fingerprint density at radius 1 is 1.35 bits per heavy atom. The van der Waals surface area contributed by atoms with Gasteiger partial charge in [-0.05, 0) is 0 Å². The van der Waals surface area contributed by atoms with E-state index >= 15 is 0 Å². The first-order chi connectivity index (χ1) is 9.56. The summed E-state index contributed by atoms with van der Waals surface area (Å²) in [5, 5.41) is 3.44. The second kappa shape index (κ2) is 6.53. The van der Waals surface area contributed by atoms with E-state index in [4.69, 9.17) is 5.73 Å². The van der Waals surface area contributed by atoms with E-state index in [1.807, 2.05) is 30.3 Å². The van der Waals surface area contributed by atoms with Gasteiger partial charge < -0.3 is 11.1 Å². The average Bonchev–Trinajstić information content (AvgIpc) is 2.79. The number of nitrogens with one attached hydrogen (secondary N) is 1. The summed E-state index contributed by atoms with van der Waals surface area (Å²) in [6, 6.07) is 9.56. The van der Waals surface area contributed by atoms with E-state index < -0.39 is 5.91 Å². The molecule has 20 heavy (non-hydrogen) atoms. The molecule has 3 N–H and O–H groups in total. The Hall–Kier alpha value is -1.86. The third-order valence-electron chi connectivity index (χ3n) is 2.28. The molecule has 104 valence electrons. The topological polar surface area (TPSA) is 85.1 Å². The van der Waals surface area contributed by atoms with Crippen LogP contribution in [0.5, 0.6) is 0 Å². The van der Waals surface area contributed by atoms with Gasteiger partial charge in [-0.3, -0.25) is 9.59 Å². The van der Waals surface area contributed by atoms with Gasteiger partial charge in [-0.25, -0.2) is 4.98 Å². The van der Waals surface area contributed by atoms with E-state index in [0.29, 0.717) is 15.0 Å². The zero-order valence-electron chi connectivity index (χ0n) is 10.8. The lowest BCUT2D eigenvalue weighted by Crippen LogP contribution is -2.12. The lowest BCUT2D eigenvalue weighted by molar-refractivity contribution is -0.116. The highest BCUT2D eigenvalue weighted by molar-refractivity contribution is 8.01. The molecule has 0 aliphatic rings. The normalized spacial score (nSPS) is 10.2. The van der Waals surface area contributed by atoms with Crippen molar-refractivity contribution >= 4 is 39.9 Å². The maximum Gasteiger partial charge on any atom is 0.227 e. The van der Waals surface area contributed by atoms with Crippen LogP contribution >= 0.6 is 23.1 Å². The molecule has 0 saturated heterocycles. The van der Waals surface area contributed by atoms with E-state index in [0.717, 1.165) is 5.56 Å². The van der Waals surface area contributed by atoms with Crippen molar-refractivity contribution < 1.29 is 9.59 Å². The number of aromatic nitrogens is 1. The molecule has 2 rings (SSSR count). The van der Waals surface area contributed by atoms with Crippen molar-refractivity contribution in [1.29, 1.82) is 0 Å². The van der Waals surface area contributed by atoms with Gasteiger partial charge in [-0.2, -0.15) is 0 Å². The summed E-state index contributed by atoms with van der Waals surface area (Å²) in [5.74, 6) is -0.383. The van der Waals surface area contributed by atoms with Crippen LogP contribution in [0.1, 0.15) is 6.92 Å². The van der Waals surface area contributed by atoms with Crippen molar-refractivity contribution in [3.05, 3.63) is 30.3 Å². The minimum absolute atomic E-state index is 0.155. The molecule has 1 aromatic carbocycles. The zero-order valence-corrected chi connectivity index (χ0v) is 12.4. The summed E-state index contributed by atoms with van der Waals surface area (Å²) >= 11 is 2.60. The molecule has 0 bridgehead atoms. The minimum Gasteiger partial charge on any atom is -0.369 e. The number of carbonyl (C=O) groups is 2. The molecule has 0 fully saturated rings. The van der Waals surface area contributed by atoms with E-state index in [2.05, 4.69) is 10.3 Å². The van der Waals surface area contributed by atoms with Crippen LogP contribution in [0.25, 0.3) is 11.3 Å². The second-order valence-corrected chi connectivity index (χ2v) is 6.18. The number of benzene rings is 1.